The normalized spacial score (nSPS) is 15.7. The predicted octanol–water partition coefficient (Wildman–Crippen LogP) is 29.7. The molecular weight excluding hydrogens is 1280 g/mol. The summed E-state index contributed by atoms with van der Waals surface area (Å²) in [5.41, 5.74) is 38.3. The van der Waals surface area contributed by atoms with Gasteiger partial charge in [0.15, 0.2) is 0 Å². The van der Waals surface area contributed by atoms with Crippen LogP contribution in [0.15, 0.2) is 245 Å². The minimum Gasteiger partial charge on any atom is -0.456 e. The van der Waals surface area contributed by atoms with Crippen molar-refractivity contribution in [2.75, 3.05) is 4.90 Å². The van der Waals surface area contributed by atoms with Crippen LogP contribution in [0, 0.1) is 0 Å². The van der Waals surface area contributed by atoms with Crippen molar-refractivity contribution in [3.8, 4) is 77.9 Å². The summed E-state index contributed by atoms with van der Waals surface area (Å²) in [6, 6.07) is 91.5. The van der Waals surface area contributed by atoms with Gasteiger partial charge in [0.1, 0.15) is 22.3 Å². The van der Waals surface area contributed by atoms with E-state index in [-0.39, 0.29) is 27.1 Å². The maximum absolute atomic E-state index is 7.25. The van der Waals surface area contributed by atoms with Gasteiger partial charge in [0.2, 0.25) is 0 Å². The molecule has 2 aromatic heterocycles. The van der Waals surface area contributed by atoms with E-state index in [1.807, 2.05) is 0 Å². The van der Waals surface area contributed by atoms with Gasteiger partial charge >= 0.3 is 0 Å². The minimum absolute atomic E-state index is 0.0313. The summed E-state index contributed by atoms with van der Waals surface area (Å²) in [7, 11) is 0. The number of benzene rings is 13. The first kappa shape index (κ1) is 65.1. The van der Waals surface area contributed by atoms with Crippen molar-refractivity contribution in [2.45, 2.75) is 173 Å². The summed E-state index contributed by atoms with van der Waals surface area (Å²) in [6.45, 7) is 24.2. The zero-order chi connectivity index (χ0) is 71.9. The first-order chi connectivity index (χ1) is 51.5. The van der Waals surface area contributed by atoms with Crippen LogP contribution in [-0.4, -0.2) is 0 Å². The lowest BCUT2D eigenvalue weighted by Gasteiger charge is -2.33. The fourth-order valence-corrected chi connectivity index (χ4v) is 21.1. The summed E-state index contributed by atoms with van der Waals surface area (Å²) in [5, 5.41) is 7.16. The molecule has 106 heavy (non-hydrogen) atoms. The van der Waals surface area contributed by atoms with Crippen LogP contribution in [0.25, 0.3) is 133 Å². The molecule has 3 heteroatoms. The van der Waals surface area contributed by atoms with Crippen LogP contribution in [-0.2, 0) is 27.1 Å². The molecule has 0 atom stereocenters. The lowest BCUT2D eigenvalue weighted by atomic mass is 9.70. The zero-order valence-electron chi connectivity index (χ0n) is 63.3. The summed E-state index contributed by atoms with van der Waals surface area (Å²) in [6.07, 6.45) is 15.4. The quantitative estimate of drug-likeness (QED) is 0.0851. The zero-order valence-corrected chi connectivity index (χ0v) is 63.3. The van der Waals surface area contributed by atoms with E-state index < -0.39 is 0 Å². The Morgan fingerprint density at radius 1 is 0.283 bits per heavy atom. The van der Waals surface area contributed by atoms with Gasteiger partial charge in [-0.15, -0.1) is 0 Å². The Hall–Kier alpha value is -10.5. The van der Waals surface area contributed by atoms with Gasteiger partial charge in [0.25, 0.3) is 0 Å². The summed E-state index contributed by atoms with van der Waals surface area (Å²) < 4.78 is 13.8. The van der Waals surface area contributed by atoms with Crippen LogP contribution in [0.5, 0.6) is 0 Å². The molecule has 20 rings (SSSR count). The number of hydrogen-bond donors (Lipinski definition) is 0. The third-order valence-corrected chi connectivity index (χ3v) is 26.8. The number of rotatable bonds is 17. The number of furan rings is 2. The van der Waals surface area contributed by atoms with E-state index in [0.29, 0.717) is 0 Å². The van der Waals surface area contributed by atoms with Crippen molar-refractivity contribution < 1.29 is 8.83 Å². The highest BCUT2D eigenvalue weighted by Gasteiger charge is 2.47. The summed E-state index contributed by atoms with van der Waals surface area (Å²) in [5.74, 6) is 0. The number of anilines is 3. The Labute approximate surface area is 625 Å². The van der Waals surface area contributed by atoms with E-state index in [0.717, 1.165) is 50.3 Å². The van der Waals surface area contributed by atoms with Crippen LogP contribution in [0.1, 0.15) is 202 Å². The minimum atomic E-state index is -0.388. The van der Waals surface area contributed by atoms with E-state index in [1.54, 1.807) is 11.1 Å². The molecule has 0 radical (unpaired) electrons. The van der Waals surface area contributed by atoms with Gasteiger partial charge in [0.05, 0.1) is 5.69 Å². The van der Waals surface area contributed by atoms with Crippen molar-refractivity contribution in [1.82, 2.24) is 0 Å². The molecule has 522 valence electrons. The van der Waals surface area contributed by atoms with Gasteiger partial charge in [-0.05, 0) is 231 Å². The maximum Gasteiger partial charge on any atom is 0.143 e. The molecule has 0 saturated carbocycles. The van der Waals surface area contributed by atoms with Crippen molar-refractivity contribution in [3.05, 3.63) is 292 Å². The lowest BCUT2D eigenvalue weighted by molar-refractivity contribution is 0.399. The van der Waals surface area contributed by atoms with Gasteiger partial charge in [-0.1, -0.05) is 285 Å². The molecule has 13 aromatic carbocycles. The number of nitrogens with zero attached hydrogens (tertiary/aromatic N) is 1. The highest BCUT2D eigenvalue weighted by molar-refractivity contribution is 6.19. The molecule has 5 aliphatic rings. The van der Waals surface area contributed by atoms with E-state index in [1.165, 1.54) is 221 Å². The molecule has 0 N–H and O–H groups in total. The smallest absolute Gasteiger partial charge is 0.143 e. The molecule has 0 spiro atoms. The topological polar surface area (TPSA) is 29.5 Å². The van der Waals surface area contributed by atoms with Gasteiger partial charge in [0, 0.05) is 70.9 Å². The number of unbranched alkanes of at least 4 members (excludes halogenated alkanes) is 8. The monoisotopic (exact) mass is 1380 g/mol. The largest absolute Gasteiger partial charge is 0.456 e. The Morgan fingerprint density at radius 2 is 0.745 bits per heavy atom. The van der Waals surface area contributed by atoms with E-state index in [4.69, 9.17) is 8.83 Å². The van der Waals surface area contributed by atoms with Crippen LogP contribution in [0.2, 0.25) is 0 Å². The molecule has 5 aliphatic carbocycles. The Morgan fingerprint density at radius 3 is 1.44 bits per heavy atom. The van der Waals surface area contributed by atoms with Crippen LogP contribution in [0.3, 0.4) is 0 Å². The van der Waals surface area contributed by atoms with E-state index >= 15 is 0 Å². The molecule has 0 fully saturated rings. The number of hydrogen-bond acceptors (Lipinski definition) is 3. The number of para-hydroxylation sites is 2. The van der Waals surface area contributed by atoms with Crippen LogP contribution in [0.4, 0.5) is 17.1 Å². The Kier molecular flexibility index (Phi) is 14.6. The van der Waals surface area contributed by atoms with Crippen molar-refractivity contribution >= 4 is 71.7 Å². The SMILES string of the molecule is CCCCCCCC1(CCCCCCC)c2ccccc2-c2ccc(-c3ccc4c(c3)C(C)(C)c3cc(-c5cc6c(c7c5oc5ccccc57)-c5ccc(N(c7ccc8c(c7)C(C)(C)c7cc9c(cc7-8)C(C)(C)c7ccc8oc%10ccccc%10c8c7-9)c7cccc8ccccc78)cc5C6(C)C)ccc3-4)cc21. The van der Waals surface area contributed by atoms with Crippen molar-refractivity contribution in [1.29, 1.82) is 0 Å². The van der Waals surface area contributed by atoms with Gasteiger partial charge in [-0.25, -0.2) is 0 Å². The fourth-order valence-electron chi connectivity index (χ4n) is 21.1. The van der Waals surface area contributed by atoms with E-state index in [2.05, 4.69) is 311 Å². The maximum atomic E-state index is 7.25. The summed E-state index contributed by atoms with van der Waals surface area (Å²) >= 11 is 0. The van der Waals surface area contributed by atoms with Gasteiger partial charge in [-0.3, -0.25) is 0 Å². The first-order valence-corrected chi connectivity index (χ1v) is 39.7. The van der Waals surface area contributed by atoms with Crippen molar-refractivity contribution in [2.24, 2.45) is 0 Å². The Balaban J connectivity index is 0.672. The highest BCUT2D eigenvalue weighted by atomic mass is 16.3. The van der Waals surface area contributed by atoms with Crippen LogP contribution < -0.4 is 4.90 Å². The molecule has 2 heterocycles. The fraction of sp³-hybridized carbons (Fsp3) is 0.262. The first-order valence-electron chi connectivity index (χ1n) is 39.7. The molecule has 0 aliphatic heterocycles. The van der Waals surface area contributed by atoms with E-state index in [9.17, 15) is 0 Å². The lowest BCUT2D eigenvalue weighted by Crippen LogP contribution is -2.25. The third kappa shape index (κ3) is 9.29. The van der Waals surface area contributed by atoms with Gasteiger partial charge < -0.3 is 13.7 Å². The van der Waals surface area contributed by atoms with Gasteiger partial charge in [-0.2, -0.15) is 0 Å². The standard InChI is InChI=1S/C103H93NO2/c1-11-13-15-17-27-52-103(53-28-18-16-14-12-2)80-36-24-21-33-69(80)72-46-41-64(55-88(72)103)63-40-45-70-71-47-42-65(56-83(71)100(5,6)82(70)54-63)77-59-89-94(97-76-35-23-26-39-92(76)106-98(77)97)74-49-44-67(58-85(74)102(89,9)10)104(90-37-29-31-62-30-19-20-32-68(62)90)66-43-48-73-78-60-87-79(61-86(78)101(7,8)84(73)57-66)95-81(99(87,3)4)50-51-93-96(95)75-34-22-25-38-91(75)105-93/h19-26,29-51,54-61H,11-18,27-28,52-53H2,1-10H3. The van der Waals surface area contributed by atoms with Crippen LogP contribution >= 0.6 is 0 Å². The molecular formula is C103H93NO2. The molecule has 0 amide bonds. The molecule has 0 saturated heterocycles. The highest BCUT2D eigenvalue weighted by Crippen LogP contribution is 2.62. The third-order valence-electron chi connectivity index (χ3n) is 26.8. The molecule has 15 aromatic rings. The summed E-state index contributed by atoms with van der Waals surface area (Å²) in [4.78, 5) is 2.55. The Bertz CT molecular complexity index is 6190. The van der Waals surface area contributed by atoms with Crippen molar-refractivity contribution in [3.63, 3.8) is 0 Å². The predicted molar refractivity (Wildman–Crippen MR) is 447 cm³/mol. The second kappa shape index (κ2) is 23.8. The second-order valence-corrected chi connectivity index (χ2v) is 34.1. The molecule has 3 nitrogen and oxygen atoms in total. The average Bonchev–Trinajstić information content (AvgIpc) is 1.52. The second-order valence-electron chi connectivity index (χ2n) is 34.1. The number of fused-ring (bicyclic) bond motifs is 24. The molecule has 0 bridgehead atoms. The molecule has 0 unspecified atom stereocenters. The average molecular weight is 1380 g/mol.